The topological polar surface area (TPSA) is 120 Å². The van der Waals surface area contributed by atoms with Gasteiger partial charge in [0.05, 0.1) is 27.9 Å². The molecule has 9 nitrogen and oxygen atoms in total. The average Bonchev–Trinajstić information content (AvgIpc) is 2.78. The summed E-state index contributed by atoms with van der Waals surface area (Å²) < 4.78 is 19.5. The number of nitrogens with one attached hydrogen (secondary N) is 1. The minimum atomic E-state index is -1.11. The molecule has 0 heterocycles. The molecule has 0 aliphatic rings. The standard InChI is InChI=1S/C22H25NO8/c1-28-17-7-5-16(6-8-17)23-22(27)31-11-10-15-12-14(4-9-19(15)24)13-18(20(25)29-2)21(26)30-3/h4-9,12,18,24H,10-11,13H2,1-3H3,(H,23,27). The normalized spacial score (nSPS) is 10.3. The summed E-state index contributed by atoms with van der Waals surface area (Å²) in [7, 11) is 3.93. The Balaban J connectivity index is 1.94. The Morgan fingerprint density at radius 2 is 1.61 bits per heavy atom. The van der Waals surface area contributed by atoms with Gasteiger partial charge in [-0.05, 0) is 47.9 Å². The molecule has 0 aromatic heterocycles. The number of carbonyl (C=O) groups is 3. The van der Waals surface area contributed by atoms with E-state index >= 15 is 0 Å². The van der Waals surface area contributed by atoms with Crippen molar-refractivity contribution in [3.63, 3.8) is 0 Å². The van der Waals surface area contributed by atoms with Crippen LogP contribution < -0.4 is 10.1 Å². The van der Waals surface area contributed by atoms with Gasteiger partial charge in [-0.15, -0.1) is 0 Å². The molecule has 0 saturated carbocycles. The minimum absolute atomic E-state index is 0.00981. The first-order valence-corrected chi connectivity index (χ1v) is 9.42. The van der Waals surface area contributed by atoms with E-state index in [-0.39, 0.29) is 25.2 Å². The molecule has 166 valence electrons. The summed E-state index contributed by atoms with van der Waals surface area (Å²) in [6.07, 6.45) is -0.361. The highest BCUT2D eigenvalue weighted by Crippen LogP contribution is 2.22. The van der Waals surface area contributed by atoms with Crippen molar-refractivity contribution in [1.82, 2.24) is 0 Å². The lowest BCUT2D eigenvalue weighted by Crippen LogP contribution is -2.28. The van der Waals surface area contributed by atoms with E-state index in [1.807, 2.05) is 0 Å². The van der Waals surface area contributed by atoms with Crippen molar-refractivity contribution in [3.8, 4) is 11.5 Å². The molecule has 2 N–H and O–H groups in total. The van der Waals surface area contributed by atoms with Gasteiger partial charge in [0.2, 0.25) is 0 Å². The highest BCUT2D eigenvalue weighted by atomic mass is 16.6. The monoisotopic (exact) mass is 431 g/mol. The second-order valence-corrected chi connectivity index (χ2v) is 6.51. The van der Waals surface area contributed by atoms with Crippen LogP contribution in [0.25, 0.3) is 0 Å². The second kappa shape index (κ2) is 11.4. The van der Waals surface area contributed by atoms with Crippen LogP contribution in [0.3, 0.4) is 0 Å². The second-order valence-electron chi connectivity index (χ2n) is 6.51. The number of benzene rings is 2. The SMILES string of the molecule is COC(=O)C(Cc1ccc(O)c(CCOC(=O)Nc2ccc(OC)cc2)c1)C(=O)OC. The Hall–Kier alpha value is -3.75. The Morgan fingerprint density at radius 3 is 2.19 bits per heavy atom. The van der Waals surface area contributed by atoms with Gasteiger partial charge in [-0.25, -0.2) is 4.79 Å². The molecule has 1 amide bonds. The largest absolute Gasteiger partial charge is 0.508 e. The third kappa shape index (κ3) is 6.91. The Labute approximate surface area is 179 Å². The predicted octanol–water partition coefficient (Wildman–Crippen LogP) is 2.70. The molecule has 2 rings (SSSR count). The number of anilines is 1. The van der Waals surface area contributed by atoms with E-state index in [1.165, 1.54) is 20.3 Å². The van der Waals surface area contributed by atoms with Gasteiger partial charge >= 0.3 is 18.0 Å². The number of rotatable bonds is 9. The smallest absolute Gasteiger partial charge is 0.411 e. The van der Waals surface area contributed by atoms with Crippen LogP contribution in [0.15, 0.2) is 42.5 Å². The number of aromatic hydroxyl groups is 1. The first-order valence-electron chi connectivity index (χ1n) is 9.42. The highest BCUT2D eigenvalue weighted by molar-refractivity contribution is 5.95. The van der Waals surface area contributed by atoms with Crippen LogP contribution in [0.2, 0.25) is 0 Å². The molecule has 0 bridgehead atoms. The Bertz CT molecular complexity index is 894. The zero-order chi connectivity index (χ0) is 22.8. The van der Waals surface area contributed by atoms with Crippen molar-refractivity contribution in [2.24, 2.45) is 5.92 Å². The van der Waals surface area contributed by atoms with Crippen LogP contribution in [0.5, 0.6) is 11.5 Å². The summed E-state index contributed by atoms with van der Waals surface area (Å²) in [5.74, 6) is -1.86. The maximum absolute atomic E-state index is 11.9. The van der Waals surface area contributed by atoms with E-state index in [0.717, 1.165) is 0 Å². The van der Waals surface area contributed by atoms with Gasteiger partial charge in [0.15, 0.2) is 5.92 Å². The van der Waals surface area contributed by atoms with Gasteiger partial charge in [0.25, 0.3) is 0 Å². The summed E-state index contributed by atoms with van der Waals surface area (Å²) >= 11 is 0. The summed E-state index contributed by atoms with van der Waals surface area (Å²) in [6.45, 7) is 0.0104. The molecular weight excluding hydrogens is 406 g/mol. The van der Waals surface area contributed by atoms with Gasteiger partial charge in [-0.1, -0.05) is 12.1 Å². The fraction of sp³-hybridized carbons (Fsp3) is 0.318. The van der Waals surface area contributed by atoms with Crippen LogP contribution >= 0.6 is 0 Å². The molecule has 0 aliphatic heterocycles. The molecule has 2 aromatic carbocycles. The number of hydrogen-bond acceptors (Lipinski definition) is 8. The van der Waals surface area contributed by atoms with Gasteiger partial charge in [0, 0.05) is 12.1 Å². The number of ether oxygens (including phenoxy) is 4. The molecule has 31 heavy (non-hydrogen) atoms. The lowest BCUT2D eigenvalue weighted by Gasteiger charge is -2.14. The molecule has 0 unspecified atom stereocenters. The molecule has 9 heteroatoms. The minimum Gasteiger partial charge on any atom is -0.508 e. The number of esters is 2. The third-order valence-corrected chi connectivity index (χ3v) is 4.50. The predicted molar refractivity (Wildman–Crippen MR) is 111 cm³/mol. The number of carbonyl (C=O) groups excluding carboxylic acids is 3. The molecule has 0 spiro atoms. The molecule has 0 saturated heterocycles. The maximum atomic E-state index is 11.9. The van der Waals surface area contributed by atoms with Crippen molar-refractivity contribution in [1.29, 1.82) is 0 Å². The quantitative estimate of drug-likeness (QED) is 0.353. The van der Waals surface area contributed by atoms with E-state index in [1.54, 1.807) is 43.5 Å². The average molecular weight is 431 g/mol. The van der Waals surface area contributed by atoms with E-state index in [4.69, 9.17) is 9.47 Å². The maximum Gasteiger partial charge on any atom is 0.411 e. The zero-order valence-corrected chi connectivity index (χ0v) is 17.5. The van der Waals surface area contributed by atoms with Crippen molar-refractivity contribution in [3.05, 3.63) is 53.6 Å². The number of hydrogen-bond donors (Lipinski definition) is 2. The van der Waals surface area contributed by atoms with Gasteiger partial charge in [-0.2, -0.15) is 0 Å². The summed E-state index contributed by atoms with van der Waals surface area (Å²) in [5, 5.41) is 12.7. The Morgan fingerprint density at radius 1 is 0.968 bits per heavy atom. The number of methoxy groups -OCH3 is 3. The van der Waals surface area contributed by atoms with E-state index in [2.05, 4.69) is 14.8 Å². The van der Waals surface area contributed by atoms with Crippen LogP contribution in [-0.4, -0.2) is 51.1 Å². The lowest BCUT2D eigenvalue weighted by atomic mass is 9.97. The van der Waals surface area contributed by atoms with Crippen molar-refractivity contribution in [2.75, 3.05) is 33.3 Å². The first-order chi connectivity index (χ1) is 14.9. The summed E-state index contributed by atoms with van der Waals surface area (Å²) in [4.78, 5) is 35.7. The number of amides is 1. The molecule has 0 aliphatic carbocycles. The molecular formula is C22H25NO8. The molecule has 0 atom stereocenters. The van der Waals surface area contributed by atoms with Crippen LogP contribution in [0, 0.1) is 5.92 Å². The van der Waals surface area contributed by atoms with Gasteiger partial charge < -0.3 is 24.1 Å². The van der Waals surface area contributed by atoms with E-state index in [0.29, 0.717) is 22.6 Å². The summed E-state index contributed by atoms with van der Waals surface area (Å²) in [5.41, 5.74) is 1.67. The number of phenolic OH excluding ortho intramolecular Hbond substituents is 1. The highest BCUT2D eigenvalue weighted by Gasteiger charge is 2.29. The van der Waals surface area contributed by atoms with Gasteiger partial charge in [0.1, 0.15) is 11.5 Å². The van der Waals surface area contributed by atoms with Crippen molar-refractivity contribution >= 4 is 23.7 Å². The van der Waals surface area contributed by atoms with Crippen molar-refractivity contribution in [2.45, 2.75) is 12.8 Å². The van der Waals surface area contributed by atoms with Crippen molar-refractivity contribution < 1.29 is 38.4 Å². The van der Waals surface area contributed by atoms with Gasteiger partial charge in [-0.3, -0.25) is 14.9 Å². The fourth-order valence-corrected chi connectivity index (χ4v) is 2.83. The molecule has 0 radical (unpaired) electrons. The molecule has 2 aromatic rings. The first kappa shape index (κ1) is 23.5. The Kier molecular flexibility index (Phi) is 8.68. The van der Waals surface area contributed by atoms with E-state index in [9.17, 15) is 19.5 Å². The van der Waals surface area contributed by atoms with Crippen LogP contribution in [0.4, 0.5) is 10.5 Å². The van der Waals surface area contributed by atoms with E-state index < -0.39 is 23.9 Å². The zero-order valence-electron chi connectivity index (χ0n) is 17.5. The fourth-order valence-electron chi connectivity index (χ4n) is 2.83. The molecule has 0 fully saturated rings. The summed E-state index contributed by atoms with van der Waals surface area (Å²) in [6, 6.07) is 11.4. The van der Waals surface area contributed by atoms with Crippen LogP contribution in [0.1, 0.15) is 11.1 Å². The number of phenols is 1. The van der Waals surface area contributed by atoms with Crippen LogP contribution in [-0.2, 0) is 36.6 Å². The third-order valence-electron chi connectivity index (χ3n) is 4.50. The lowest BCUT2D eigenvalue weighted by molar-refractivity contribution is -0.158.